The fourth-order valence-corrected chi connectivity index (χ4v) is 5.99. The van der Waals surface area contributed by atoms with Crippen molar-refractivity contribution in [2.45, 2.75) is 102 Å². The van der Waals surface area contributed by atoms with E-state index in [0.29, 0.717) is 20.4 Å². The van der Waals surface area contributed by atoms with E-state index in [1.54, 1.807) is 20.8 Å². The molecule has 12 nitrogen and oxygen atoms in total. The summed E-state index contributed by atoms with van der Waals surface area (Å²) >= 11 is 0. The second kappa shape index (κ2) is 12.2. The summed E-state index contributed by atoms with van der Waals surface area (Å²) in [6.45, 7) is 9.55. The molecule has 0 bridgehead atoms. The average Bonchev–Trinajstić information content (AvgIpc) is 3.29. The molecule has 1 aromatic carbocycles. The summed E-state index contributed by atoms with van der Waals surface area (Å²) in [5.41, 5.74) is -4.49. The van der Waals surface area contributed by atoms with Crippen LogP contribution in [0.1, 0.15) is 61.3 Å². The highest BCUT2D eigenvalue weighted by atomic mass is 32.2. The molecular weight excluding hydrogens is 597 g/mol. The molecule has 0 unspecified atom stereocenters. The number of Topliss-reactive ketones (excluding diaryl/α,β-unsaturated/α-hetero) is 1. The Morgan fingerprint density at radius 1 is 1.16 bits per heavy atom. The van der Waals surface area contributed by atoms with E-state index in [0.717, 1.165) is 4.31 Å². The lowest BCUT2D eigenvalue weighted by atomic mass is 9.96. The van der Waals surface area contributed by atoms with E-state index in [4.69, 9.17) is 9.47 Å². The topological polar surface area (TPSA) is 149 Å². The molecule has 0 radical (unpaired) electrons. The van der Waals surface area contributed by atoms with Crippen LogP contribution >= 0.6 is 0 Å². The molecule has 1 aliphatic rings. The van der Waals surface area contributed by atoms with Crippen molar-refractivity contribution in [3.8, 4) is 11.6 Å². The monoisotopic (exact) mass is 634 g/mol. The first-order valence-electron chi connectivity index (χ1n) is 13.6. The summed E-state index contributed by atoms with van der Waals surface area (Å²) in [5.74, 6) is -0.533. The predicted octanol–water partition coefficient (Wildman–Crippen LogP) is 4.66. The number of carbonyl (C=O) groups excluding carboxylic acids is 2. The lowest BCUT2D eigenvalue weighted by Gasteiger charge is -2.41. The van der Waals surface area contributed by atoms with Crippen LogP contribution in [0.3, 0.4) is 0 Å². The van der Waals surface area contributed by atoms with E-state index in [2.05, 4.69) is 15.2 Å². The van der Waals surface area contributed by atoms with Gasteiger partial charge in [0, 0.05) is 24.8 Å². The van der Waals surface area contributed by atoms with Crippen molar-refractivity contribution in [3.63, 3.8) is 0 Å². The van der Waals surface area contributed by atoms with Crippen LogP contribution in [0.5, 0.6) is 11.6 Å². The Balaban J connectivity index is 2.07. The smallest absolute Gasteiger partial charge is 0.427 e. The van der Waals surface area contributed by atoms with E-state index in [9.17, 15) is 36.3 Å². The number of sulfonamides is 1. The summed E-state index contributed by atoms with van der Waals surface area (Å²) in [5, 5.41) is 16.5. The molecule has 1 aromatic heterocycles. The molecule has 2 aromatic rings. The number of benzene rings is 1. The van der Waals surface area contributed by atoms with Gasteiger partial charge in [-0.05, 0) is 73.1 Å². The summed E-state index contributed by atoms with van der Waals surface area (Å²) in [4.78, 5) is 24.6. The first-order chi connectivity index (χ1) is 19.7. The summed E-state index contributed by atoms with van der Waals surface area (Å²) in [6.07, 6.45) is -5.83. The fourth-order valence-electron chi connectivity index (χ4n) is 4.23. The number of ketones is 1. The summed E-state index contributed by atoms with van der Waals surface area (Å²) in [6, 6.07) is 2.95. The molecule has 0 spiro atoms. The Hall–Kier alpha value is -3.53. The summed E-state index contributed by atoms with van der Waals surface area (Å²) < 4.78 is 86.8. The molecule has 0 saturated heterocycles. The van der Waals surface area contributed by atoms with Crippen LogP contribution in [-0.4, -0.2) is 71.3 Å². The van der Waals surface area contributed by atoms with Gasteiger partial charge in [0.1, 0.15) is 17.5 Å². The number of aryl methyl sites for hydroxylation is 1. The highest BCUT2D eigenvalue weighted by Crippen LogP contribution is 2.43. The number of fused-ring (bicyclic) bond motifs is 1. The SMILES string of the molecule is CCOc1nn(CC)cc1S(=O)(=O)N1c2cc(NC(=O)OC(C)(C)C(F)(F)F)ccc2O[C@@H](CCC(=O)C(C)(C)O)[C@H]1C. The van der Waals surface area contributed by atoms with Gasteiger partial charge in [-0.2, -0.15) is 13.2 Å². The van der Waals surface area contributed by atoms with Gasteiger partial charge in [-0.1, -0.05) is 0 Å². The van der Waals surface area contributed by atoms with Gasteiger partial charge in [0.15, 0.2) is 10.7 Å². The molecule has 16 heteroatoms. The van der Waals surface area contributed by atoms with Gasteiger partial charge in [0.25, 0.3) is 15.9 Å². The largest absolute Gasteiger partial charge is 0.486 e. The Labute approximate surface area is 248 Å². The van der Waals surface area contributed by atoms with Gasteiger partial charge in [-0.15, -0.1) is 5.10 Å². The Morgan fingerprint density at radius 3 is 2.37 bits per heavy atom. The zero-order valence-electron chi connectivity index (χ0n) is 25.0. The number of hydrogen-bond donors (Lipinski definition) is 2. The third-order valence-electron chi connectivity index (χ3n) is 6.84. The van der Waals surface area contributed by atoms with E-state index >= 15 is 0 Å². The van der Waals surface area contributed by atoms with Crippen LogP contribution < -0.4 is 19.1 Å². The number of alkyl halides is 3. The van der Waals surface area contributed by atoms with E-state index in [1.165, 1.54) is 42.9 Å². The van der Waals surface area contributed by atoms with Gasteiger partial charge in [0.2, 0.25) is 5.60 Å². The van der Waals surface area contributed by atoms with Crippen LogP contribution in [0, 0.1) is 0 Å². The number of aromatic nitrogens is 2. The molecule has 0 fully saturated rings. The van der Waals surface area contributed by atoms with E-state index in [-0.39, 0.29) is 47.3 Å². The maximum Gasteiger partial charge on any atom is 0.427 e. The highest BCUT2D eigenvalue weighted by molar-refractivity contribution is 7.93. The minimum atomic E-state index is -4.84. The number of hydrogen-bond acceptors (Lipinski definition) is 9. The Bertz CT molecular complexity index is 1450. The Morgan fingerprint density at radius 2 is 1.81 bits per heavy atom. The standard InChI is InChI=1S/C27H37F3N4O8S/c1-8-33-15-21(23(32-33)40-9-2)43(38,39)34-16(3)19(12-13-22(35)25(4,5)37)41-20-11-10-17(14-18(20)34)31-24(36)42-26(6,7)27(28,29)30/h10-11,14-16,19,37H,8-9,12-13H2,1-7H3,(H,31,36)/t16-,19+/m1/s1. The molecule has 2 heterocycles. The zero-order chi connectivity index (χ0) is 32.5. The molecule has 0 aliphatic carbocycles. The van der Waals surface area contributed by atoms with Crippen molar-refractivity contribution in [2.24, 2.45) is 0 Å². The van der Waals surface area contributed by atoms with E-state index < -0.39 is 51.4 Å². The lowest BCUT2D eigenvalue weighted by molar-refractivity contribution is -0.242. The number of rotatable bonds is 11. The predicted molar refractivity (Wildman–Crippen MR) is 150 cm³/mol. The van der Waals surface area contributed by atoms with Crippen molar-refractivity contribution in [1.82, 2.24) is 9.78 Å². The van der Waals surface area contributed by atoms with Crippen molar-refractivity contribution < 1.29 is 50.5 Å². The quantitative estimate of drug-likeness (QED) is 0.360. The number of aliphatic hydroxyl groups is 1. The molecule has 240 valence electrons. The first kappa shape index (κ1) is 34.0. The maximum atomic E-state index is 14.3. The normalized spacial score (nSPS) is 17.6. The van der Waals surface area contributed by atoms with Crippen LogP contribution in [0.2, 0.25) is 0 Å². The van der Waals surface area contributed by atoms with Gasteiger partial charge in [-0.3, -0.25) is 19.1 Å². The third kappa shape index (κ3) is 7.34. The lowest BCUT2D eigenvalue weighted by Crippen LogP contribution is -2.51. The molecule has 43 heavy (non-hydrogen) atoms. The fraction of sp³-hybridized carbons (Fsp3) is 0.593. The molecule has 2 N–H and O–H groups in total. The first-order valence-corrected chi connectivity index (χ1v) is 15.0. The van der Waals surface area contributed by atoms with Crippen LogP contribution in [0.15, 0.2) is 29.3 Å². The van der Waals surface area contributed by atoms with Crippen molar-refractivity contribution in [1.29, 1.82) is 0 Å². The number of nitrogens with one attached hydrogen (secondary N) is 1. The molecule has 0 saturated carbocycles. The third-order valence-corrected chi connectivity index (χ3v) is 8.72. The molecule has 2 atom stereocenters. The maximum absolute atomic E-state index is 14.3. The van der Waals surface area contributed by atoms with Crippen LogP contribution in [0.4, 0.5) is 29.3 Å². The number of carbonyl (C=O) groups is 2. The van der Waals surface area contributed by atoms with Crippen LogP contribution in [0.25, 0.3) is 0 Å². The van der Waals surface area contributed by atoms with Crippen molar-refractivity contribution >= 4 is 33.3 Å². The minimum Gasteiger partial charge on any atom is -0.486 e. The molecule has 1 aliphatic heterocycles. The highest BCUT2D eigenvalue weighted by Gasteiger charge is 2.51. The molecule has 3 rings (SSSR count). The second-order valence-corrected chi connectivity index (χ2v) is 12.8. The van der Waals surface area contributed by atoms with Crippen molar-refractivity contribution in [2.75, 3.05) is 16.2 Å². The second-order valence-electron chi connectivity index (χ2n) is 11.0. The average molecular weight is 635 g/mol. The van der Waals surface area contributed by atoms with Gasteiger partial charge in [0.05, 0.1) is 18.3 Å². The van der Waals surface area contributed by atoms with Gasteiger partial charge in [-0.25, -0.2) is 13.2 Å². The van der Waals surface area contributed by atoms with E-state index in [1.807, 2.05) is 0 Å². The molecular formula is C27H37F3N4O8S. The summed E-state index contributed by atoms with van der Waals surface area (Å²) in [7, 11) is -4.44. The number of amides is 1. The molecule has 1 amide bonds. The minimum absolute atomic E-state index is 0.0304. The zero-order valence-corrected chi connectivity index (χ0v) is 25.8. The van der Waals surface area contributed by atoms with Gasteiger partial charge >= 0.3 is 12.3 Å². The number of ether oxygens (including phenoxy) is 3. The number of anilines is 2. The number of nitrogens with zero attached hydrogens (tertiary/aromatic N) is 3. The number of halogens is 3. The van der Waals surface area contributed by atoms with Crippen LogP contribution in [-0.2, 0) is 26.1 Å². The van der Waals surface area contributed by atoms with Gasteiger partial charge < -0.3 is 19.3 Å². The Kier molecular flexibility index (Phi) is 9.66. The van der Waals surface area contributed by atoms with Crippen molar-refractivity contribution in [3.05, 3.63) is 24.4 Å².